The fourth-order valence-electron chi connectivity index (χ4n) is 5.39. The Morgan fingerprint density at radius 3 is 2.44 bits per heavy atom. The number of aromatic nitrogens is 5. The van der Waals surface area contributed by atoms with Crippen molar-refractivity contribution in [2.45, 2.75) is 32.2 Å². The first-order valence-electron chi connectivity index (χ1n) is 14.2. The van der Waals surface area contributed by atoms with Crippen LogP contribution in [0.1, 0.15) is 31.7 Å². The number of methoxy groups -OCH3 is 1. The summed E-state index contributed by atoms with van der Waals surface area (Å²) in [7, 11) is 1.66. The van der Waals surface area contributed by atoms with Gasteiger partial charge < -0.3 is 19.7 Å². The van der Waals surface area contributed by atoms with Crippen LogP contribution in [0.15, 0.2) is 72.8 Å². The molecule has 0 saturated carbocycles. The van der Waals surface area contributed by atoms with Gasteiger partial charge >= 0.3 is 0 Å². The highest BCUT2D eigenvalue weighted by Crippen LogP contribution is 2.31. The third-order valence-corrected chi connectivity index (χ3v) is 7.37. The Kier molecular flexibility index (Phi) is 7.90. The molecule has 0 amide bonds. The minimum atomic E-state index is -2.82. The summed E-state index contributed by atoms with van der Waals surface area (Å²) < 4.78 is 40.8. The van der Waals surface area contributed by atoms with Gasteiger partial charge in [0.2, 0.25) is 17.8 Å². The van der Waals surface area contributed by atoms with E-state index in [1.807, 2.05) is 35.2 Å². The van der Waals surface area contributed by atoms with Crippen molar-refractivity contribution in [3.63, 3.8) is 0 Å². The van der Waals surface area contributed by atoms with Crippen molar-refractivity contribution in [3.05, 3.63) is 84.2 Å². The number of anilines is 2. The fraction of sp³-hybridized carbons (Fsp3) is 0.312. The van der Waals surface area contributed by atoms with Gasteiger partial charge in [-0.25, -0.2) is 13.8 Å². The van der Waals surface area contributed by atoms with Gasteiger partial charge in [0.05, 0.1) is 31.4 Å². The van der Waals surface area contributed by atoms with Crippen LogP contribution in [0.5, 0.6) is 5.75 Å². The highest BCUT2D eigenvalue weighted by Gasteiger charge is 2.27. The Morgan fingerprint density at radius 1 is 0.907 bits per heavy atom. The summed E-state index contributed by atoms with van der Waals surface area (Å²) in [6, 6.07) is 23.2. The second kappa shape index (κ2) is 11.9. The molecular weight excluding hydrogens is 552 g/mol. The average molecular weight is 586 g/mol. The van der Waals surface area contributed by atoms with Crippen LogP contribution in [0.3, 0.4) is 0 Å². The number of rotatable bonds is 9. The maximum Gasteiger partial charge on any atom is 0.296 e. The Bertz CT molecular complexity index is 1730. The van der Waals surface area contributed by atoms with Gasteiger partial charge in [0, 0.05) is 18.6 Å². The number of halogens is 2. The van der Waals surface area contributed by atoms with Crippen LogP contribution in [0.4, 0.5) is 20.7 Å². The van der Waals surface area contributed by atoms with Gasteiger partial charge in [-0.3, -0.25) is 4.57 Å². The van der Waals surface area contributed by atoms with E-state index in [1.165, 1.54) is 4.57 Å². The van der Waals surface area contributed by atoms with Crippen molar-refractivity contribution in [2.75, 3.05) is 43.6 Å². The van der Waals surface area contributed by atoms with Gasteiger partial charge in [-0.1, -0.05) is 48.5 Å². The maximum atomic E-state index is 14.2. The molecule has 1 saturated heterocycles. The number of ether oxygens (including phenoxy) is 2. The lowest BCUT2D eigenvalue weighted by Crippen LogP contribution is -2.39. The van der Waals surface area contributed by atoms with E-state index in [4.69, 9.17) is 14.5 Å². The van der Waals surface area contributed by atoms with Crippen molar-refractivity contribution in [1.82, 2.24) is 24.5 Å². The zero-order valence-corrected chi connectivity index (χ0v) is 24.3. The minimum Gasteiger partial charge on any atom is -0.497 e. The number of nitrogens with one attached hydrogen (secondary N) is 1. The van der Waals surface area contributed by atoms with Gasteiger partial charge in [-0.2, -0.15) is 15.0 Å². The first-order valence-corrected chi connectivity index (χ1v) is 14.2. The molecule has 1 aliphatic heterocycles. The second-order valence-electron chi connectivity index (χ2n) is 11.0. The van der Waals surface area contributed by atoms with Crippen molar-refractivity contribution in [1.29, 1.82) is 0 Å². The quantitative estimate of drug-likeness (QED) is 0.222. The summed E-state index contributed by atoms with van der Waals surface area (Å²) in [6.07, 6.45) is -2.19. The standard InChI is InChI=1S/C32H33F2N7O2/c1-32(2,20-22-9-4-5-12-24(22)21-10-8-11-23(19-21)42-3)39-29-36-30(40-15-17-43-18-16-40)38-31(37-29)41-26-14-7-6-13-25(26)35-28(41)27(33)34/h4-14,19,27H,15-18,20H2,1-3H3,(H,36,37,38,39). The lowest BCUT2D eigenvalue weighted by atomic mass is 9.89. The number of hydrogen-bond acceptors (Lipinski definition) is 8. The smallest absolute Gasteiger partial charge is 0.296 e. The summed E-state index contributed by atoms with van der Waals surface area (Å²) in [4.78, 5) is 20.3. The number of imidazole rings is 1. The topological polar surface area (TPSA) is 90.2 Å². The predicted octanol–water partition coefficient (Wildman–Crippen LogP) is 6.09. The Hall–Kier alpha value is -4.64. The second-order valence-corrected chi connectivity index (χ2v) is 11.0. The molecule has 5 aromatic rings. The molecule has 1 fully saturated rings. The average Bonchev–Trinajstić information content (AvgIpc) is 3.41. The molecular formula is C32H33F2N7O2. The van der Waals surface area contributed by atoms with E-state index in [1.54, 1.807) is 31.4 Å². The van der Waals surface area contributed by atoms with Crippen LogP contribution in [0.25, 0.3) is 28.1 Å². The van der Waals surface area contributed by atoms with Gasteiger partial charge in [0.1, 0.15) is 5.75 Å². The van der Waals surface area contributed by atoms with Gasteiger partial charge in [-0.05, 0) is 61.2 Å². The molecule has 11 heteroatoms. The number of hydrogen-bond donors (Lipinski definition) is 1. The molecule has 9 nitrogen and oxygen atoms in total. The molecule has 0 bridgehead atoms. The molecule has 1 aliphatic rings. The van der Waals surface area contributed by atoms with E-state index < -0.39 is 17.8 Å². The molecule has 43 heavy (non-hydrogen) atoms. The molecule has 1 N–H and O–H groups in total. The third kappa shape index (κ3) is 6.12. The van der Waals surface area contributed by atoms with Gasteiger partial charge in [0.25, 0.3) is 6.43 Å². The summed E-state index contributed by atoms with van der Waals surface area (Å²) in [5, 5.41) is 3.48. The number of benzene rings is 3. The van der Waals surface area contributed by atoms with Crippen molar-refractivity contribution >= 4 is 22.9 Å². The summed E-state index contributed by atoms with van der Waals surface area (Å²) >= 11 is 0. The molecule has 0 radical (unpaired) electrons. The predicted molar refractivity (Wildman–Crippen MR) is 162 cm³/mol. The van der Waals surface area contributed by atoms with Gasteiger partial charge in [0.15, 0.2) is 5.82 Å². The van der Waals surface area contributed by atoms with E-state index >= 15 is 0 Å². The number of morpholine rings is 1. The number of para-hydroxylation sites is 2. The highest BCUT2D eigenvalue weighted by molar-refractivity contribution is 5.77. The summed E-state index contributed by atoms with van der Waals surface area (Å²) in [5.74, 6) is 1.12. The molecule has 0 unspecified atom stereocenters. The Balaban J connectivity index is 1.39. The van der Waals surface area contributed by atoms with Crippen LogP contribution in [0.2, 0.25) is 0 Å². The van der Waals surface area contributed by atoms with Gasteiger partial charge in [-0.15, -0.1) is 0 Å². The molecule has 3 aromatic carbocycles. The first-order chi connectivity index (χ1) is 20.8. The van der Waals surface area contributed by atoms with E-state index in [0.717, 1.165) is 22.4 Å². The molecule has 2 aromatic heterocycles. The molecule has 0 aliphatic carbocycles. The molecule has 0 atom stereocenters. The van der Waals surface area contributed by atoms with Crippen molar-refractivity contribution < 1.29 is 18.3 Å². The van der Waals surface area contributed by atoms with Crippen LogP contribution in [0, 0.1) is 0 Å². The van der Waals surface area contributed by atoms with E-state index in [-0.39, 0.29) is 11.9 Å². The number of alkyl halides is 2. The molecule has 0 spiro atoms. The lowest BCUT2D eigenvalue weighted by Gasteiger charge is -2.30. The lowest BCUT2D eigenvalue weighted by molar-refractivity contribution is 0.122. The van der Waals surface area contributed by atoms with E-state index in [9.17, 15) is 8.78 Å². The summed E-state index contributed by atoms with van der Waals surface area (Å²) in [6.45, 7) is 6.31. The largest absolute Gasteiger partial charge is 0.497 e. The first kappa shape index (κ1) is 28.5. The summed E-state index contributed by atoms with van der Waals surface area (Å²) in [5.41, 5.74) is 3.67. The fourth-order valence-corrected chi connectivity index (χ4v) is 5.39. The molecule has 6 rings (SSSR count). The van der Waals surface area contributed by atoms with Crippen molar-refractivity contribution in [2.24, 2.45) is 0 Å². The van der Waals surface area contributed by atoms with Crippen LogP contribution < -0.4 is 15.0 Å². The van der Waals surface area contributed by atoms with Crippen LogP contribution >= 0.6 is 0 Å². The maximum absolute atomic E-state index is 14.2. The number of fused-ring (bicyclic) bond motifs is 1. The van der Waals surface area contributed by atoms with Crippen LogP contribution in [-0.2, 0) is 11.2 Å². The van der Waals surface area contributed by atoms with E-state index in [2.05, 4.69) is 52.3 Å². The van der Waals surface area contributed by atoms with Crippen molar-refractivity contribution in [3.8, 4) is 22.8 Å². The number of nitrogens with zero attached hydrogens (tertiary/aromatic N) is 6. The SMILES string of the molecule is COc1cccc(-c2ccccc2CC(C)(C)Nc2nc(N3CCOCC3)nc(-n3c(C(F)F)nc4ccccc43)n2)c1. The molecule has 222 valence electrons. The highest BCUT2D eigenvalue weighted by atomic mass is 19.3. The van der Waals surface area contributed by atoms with Crippen LogP contribution in [-0.4, -0.2) is 63.5 Å². The van der Waals surface area contributed by atoms with E-state index in [0.29, 0.717) is 49.7 Å². The monoisotopic (exact) mass is 585 g/mol. The normalized spacial score (nSPS) is 14.0. The molecule has 3 heterocycles. The Labute approximate surface area is 248 Å². The zero-order valence-electron chi connectivity index (χ0n) is 24.3. The third-order valence-electron chi connectivity index (χ3n) is 7.37. The zero-order chi connectivity index (χ0) is 30.0. The Morgan fingerprint density at radius 2 is 1.65 bits per heavy atom. The minimum absolute atomic E-state index is 0.0792.